The second kappa shape index (κ2) is 3.67. The number of aromatic nitrogens is 4. The van der Waals surface area contributed by atoms with Gasteiger partial charge in [-0.2, -0.15) is 10.5 Å². The van der Waals surface area contributed by atoms with E-state index in [1.54, 1.807) is 0 Å². The third-order valence-electron chi connectivity index (χ3n) is 3.44. The van der Waals surface area contributed by atoms with Crippen LogP contribution in [0.1, 0.15) is 24.8 Å². The molecule has 1 aliphatic carbocycles. The summed E-state index contributed by atoms with van der Waals surface area (Å²) in [4.78, 5) is 0. The van der Waals surface area contributed by atoms with E-state index >= 15 is 0 Å². The van der Waals surface area contributed by atoms with E-state index in [0.717, 1.165) is 30.4 Å². The molecule has 1 fully saturated rings. The van der Waals surface area contributed by atoms with Crippen molar-refractivity contribution in [2.45, 2.75) is 24.7 Å². The molecule has 1 aromatic carbocycles. The van der Waals surface area contributed by atoms with Gasteiger partial charge in [-0.3, -0.25) is 0 Å². The number of aromatic amines is 1. The topological polar surface area (TPSA) is 78.2 Å². The fourth-order valence-electron chi connectivity index (χ4n) is 2.24. The third-order valence-corrected chi connectivity index (χ3v) is 3.44. The number of H-pyrrole nitrogens is 1. The quantitative estimate of drug-likeness (QED) is 0.845. The molecule has 0 bridgehead atoms. The maximum Gasteiger partial charge on any atom is 0.204 e. The summed E-state index contributed by atoms with van der Waals surface area (Å²) in [6.07, 6.45) is 3.01. The van der Waals surface area contributed by atoms with Crippen LogP contribution < -0.4 is 0 Å². The van der Waals surface area contributed by atoms with Gasteiger partial charge < -0.3 is 0 Å². The molecule has 1 saturated carbocycles. The second-order valence-electron chi connectivity index (χ2n) is 4.36. The van der Waals surface area contributed by atoms with E-state index in [1.165, 1.54) is 0 Å². The highest BCUT2D eigenvalue weighted by atomic mass is 15.5. The summed E-state index contributed by atoms with van der Waals surface area (Å²) in [6.45, 7) is 0. The first-order valence-corrected chi connectivity index (χ1v) is 5.60. The van der Waals surface area contributed by atoms with Gasteiger partial charge >= 0.3 is 0 Å². The summed E-state index contributed by atoms with van der Waals surface area (Å²) in [6, 6.07) is 10.3. The minimum Gasteiger partial charge on any atom is -0.197 e. The Kier molecular flexibility index (Phi) is 2.15. The van der Waals surface area contributed by atoms with Crippen molar-refractivity contribution in [3.8, 4) is 17.5 Å². The number of hydrogen-bond donors (Lipinski definition) is 1. The van der Waals surface area contributed by atoms with Gasteiger partial charge in [-0.05, 0) is 36.1 Å². The molecule has 0 unspecified atom stereocenters. The van der Waals surface area contributed by atoms with Crippen molar-refractivity contribution in [2.24, 2.45) is 0 Å². The molecular formula is C12H11N5. The molecule has 5 heteroatoms. The van der Waals surface area contributed by atoms with Crippen LogP contribution >= 0.6 is 0 Å². The van der Waals surface area contributed by atoms with Crippen molar-refractivity contribution < 1.29 is 0 Å². The summed E-state index contributed by atoms with van der Waals surface area (Å²) < 4.78 is 0. The number of nitrogens with one attached hydrogen (secondary N) is 1. The third kappa shape index (κ3) is 1.49. The lowest BCUT2D eigenvalue weighted by Gasteiger charge is -2.35. The molecule has 3 rings (SSSR count). The van der Waals surface area contributed by atoms with Crippen molar-refractivity contribution in [3.05, 3.63) is 29.8 Å². The average molecular weight is 225 g/mol. The summed E-state index contributed by atoms with van der Waals surface area (Å²) in [5, 5.41) is 23.2. The van der Waals surface area contributed by atoms with E-state index in [1.807, 2.05) is 24.3 Å². The summed E-state index contributed by atoms with van der Waals surface area (Å²) in [5.74, 6) is 0.569. The molecule has 17 heavy (non-hydrogen) atoms. The lowest BCUT2D eigenvalue weighted by atomic mass is 9.65. The molecule has 1 heterocycles. The Bertz CT molecular complexity index is 563. The Labute approximate surface area is 98.5 Å². The lowest BCUT2D eigenvalue weighted by Crippen LogP contribution is -2.32. The van der Waals surface area contributed by atoms with E-state index in [-0.39, 0.29) is 5.41 Å². The van der Waals surface area contributed by atoms with Gasteiger partial charge in [-0.1, -0.05) is 18.2 Å². The van der Waals surface area contributed by atoms with Gasteiger partial charge in [0.1, 0.15) is 0 Å². The molecule has 0 atom stereocenters. The zero-order valence-corrected chi connectivity index (χ0v) is 9.22. The van der Waals surface area contributed by atoms with E-state index in [0.29, 0.717) is 5.82 Å². The highest BCUT2D eigenvalue weighted by Crippen LogP contribution is 2.43. The minimum absolute atomic E-state index is 0.292. The van der Waals surface area contributed by atoms with Crippen LogP contribution in [0.5, 0.6) is 0 Å². The molecule has 0 radical (unpaired) electrons. The lowest BCUT2D eigenvalue weighted by molar-refractivity contribution is 0.324. The molecule has 0 saturated heterocycles. The number of hydrogen-bond acceptors (Lipinski definition) is 4. The minimum atomic E-state index is -0.292. The Morgan fingerprint density at radius 1 is 1.35 bits per heavy atom. The van der Waals surface area contributed by atoms with Gasteiger partial charge in [-0.15, -0.1) is 10.2 Å². The number of benzene rings is 1. The van der Waals surface area contributed by atoms with Crippen molar-refractivity contribution >= 4 is 0 Å². The van der Waals surface area contributed by atoms with Gasteiger partial charge in [-0.25, -0.2) is 0 Å². The van der Waals surface area contributed by atoms with Crippen LogP contribution in [0.3, 0.4) is 0 Å². The first-order chi connectivity index (χ1) is 8.34. The Balaban J connectivity index is 2.03. The van der Waals surface area contributed by atoms with Crippen molar-refractivity contribution in [1.29, 1.82) is 5.26 Å². The molecule has 0 spiro atoms. The first kappa shape index (κ1) is 9.97. The van der Waals surface area contributed by atoms with Crippen molar-refractivity contribution in [3.63, 3.8) is 0 Å². The smallest absolute Gasteiger partial charge is 0.197 e. The highest BCUT2D eigenvalue weighted by molar-refractivity contribution is 5.57. The molecule has 1 aliphatic rings. The number of nitrogens with zero attached hydrogens (tertiary/aromatic N) is 4. The molecule has 5 nitrogen and oxygen atoms in total. The predicted octanol–water partition coefficient (Wildman–Crippen LogP) is 1.81. The molecule has 1 N–H and O–H groups in total. The molecule has 0 amide bonds. The van der Waals surface area contributed by atoms with Crippen LogP contribution in [0.2, 0.25) is 0 Å². The molecule has 84 valence electrons. The predicted molar refractivity (Wildman–Crippen MR) is 60.8 cm³/mol. The number of nitriles is 1. The summed E-state index contributed by atoms with van der Waals surface area (Å²) in [7, 11) is 0. The van der Waals surface area contributed by atoms with Crippen LogP contribution in [0.25, 0.3) is 11.4 Å². The second-order valence-corrected chi connectivity index (χ2v) is 4.36. The van der Waals surface area contributed by atoms with E-state index in [9.17, 15) is 5.26 Å². The molecular weight excluding hydrogens is 214 g/mol. The summed E-state index contributed by atoms with van der Waals surface area (Å²) >= 11 is 0. The van der Waals surface area contributed by atoms with Gasteiger partial charge in [0.15, 0.2) is 0 Å². The van der Waals surface area contributed by atoms with Gasteiger partial charge in [0.25, 0.3) is 0 Å². The number of rotatable bonds is 2. The monoisotopic (exact) mass is 225 g/mol. The highest BCUT2D eigenvalue weighted by Gasteiger charge is 2.39. The number of tetrazole rings is 1. The van der Waals surface area contributed by atoms with Crippen LogP contribution in [0.4, 0.5) is 0 Å². The Morgan fingerprint density at radius 3 is 2.82 bits per heavy atom. The average Bonchev–Trinajstić information content (AvgIpc) is 2.82. The largest absolute Gasteiger partial charge is 0.204 e. The Hall–Kier alpha value is -2.22. The van der Waals surface area contributed by atoms with Crippen LogP contribution in [0, 0.1) is 11.3 Å². The Morgan fingerprint density at radius 2 is 2.24 bits per heavy atom. The maximum absolute atomic E-state index is 9.31. The van der Waals surface area contributed by atoms with Crippen molar-refractivity contribution in [1.82, 2.24) is 20.6 Å². The molecule has 0 aliphatic heterocycles. The van der Waals surface area contributed by atoms with E-state index in [2.05, 4.69) is 26.7 Å². The van der Waals surface area contributed by atoms with Gasteiger partial charge in [0.2, 0.25) is 5.82 Å². The fraction of sp³-hybridized carbons (Fsp3) is 0.333. The standard InChI is InChI=1S/C12H11N5/c13-8-12(5-2-6-12)10-4-1-3-9(7-10)11-14-16-17-15-11/h1,3-4,7H,2,5-6H2,(H,14,15,16,17). The summed E-state index contributed by atoms with van der Waals surface area (Å²) in [5.41, 5.74) is 1.67. The first-order valence-electron chi connectivity index (χ1n) is 5.60. The van der Waals surface area contributed by atoms with E-state index in [4.69, 9.17) is 0 Å². The SMILES string of the molecule is N#CC1(c2cccc(-c3nn[nH]n3)c2)CCC1. The molecule has 2 aromatic rings. The fourth-order valence-corrected chi connectivity index (χ4v) is 2.24. The van der Waals surface area contributed by atoms with Gasteiger partial charge in [0.05, 0.1) is 11.5 Å². The zero-order chi connectivity index (χ0) is 11.7. The van der Waals surface area contributed by atoms with Gasteiger partial charge in [0, 0.05) is 5.56 Å². The van der Waals surface area contributed by atoms with Crippen LogP contribution in [-0.2, 0) is 5.41 Å². The maximum atomic E-state index is 9.31. The van der Waals surface area contributed by atoms with Crippen molar-refractivity contribution in [2.75, 3.05) is 0 Å². The van der Waals surface area contributed by atoms with E-state index < -0.39 is 0 Å². The zero-order valence-electron chi connectivity index (χ0n) is 9.22. The molecule has 1 aromatic heterocycles. The van der Waals surface area contributed by atoms with Crippen LogP contribution in [-0.4, -0.2) is 20.6 Å². The normalized spacial score (nSPS) is 17.1. The van der Waals surface area contributed by atoms with Crippen LogP contribution in [0.15, 0.2) is 24.3 Å².